The Labute approximate surface area is 132 Å². The van der Waals surface area contributed by atoms with Crippen molar-refractivity contribution in [3.05, 3.63) is 28.4 Å². The van der Waals surface area contributed by atoms with Crippen LogP contribution < -0.4 is 9.47 Å². The lowest BCUT2D eigenvalue weighted by Crippen LogP contribution is -2.17. The van der Waals surface area contributed by atoms with Crippen molar-refractivity contribution in [3.63, 3.8) is 0 Å². The van der Waals surface area contributed by atoms with Crippen LogP contribution in [0.5, 0.6) is 11.5 Å². The minimum absolute atomic E-state index is 0.0238. The molecule has 1 aliphatic heterocycles. The molecule has 2 heterocycles. The van der Waals surface area contributed by atoms with Crippen molar-refractivity contribution in [3.8, 4) is 22.8 Å². The van der Waals surface area contributed by atoms with Crippen molar-refractivity contribution in [2.75, 3.05) is 13.2 Å². The average molecular weight is 323 g/mol. The molecule has 1 aliphatic rings. The maximum atomic E-state index is 11.0. The highest BCUT2D eigenvalue weighted by Gasteiger charge is 2.26. The summed E-state index contributed by atoms with van der Waals surface area (Å²) in [5.74, 6) is 0.221. The van der Waals surface area contributed by atoms with Gasteiger partial charge < -0.3 is 14.6 Å². The Balaban J connectivity index is 2.21. The molecule has 2 N–H and O–H groups in total. The second-order valence-electron chi connectivity index (χ2n) is 5.30. The zero-order valence-electron chi connectivity index (χ0n) is 12.1. The summed E-state index contributed by atoms with van der Waals surface area (Å²) < 4.78 is 11.3. The Morgan fingerprint density at radius 2 is 2.00 bits per heavy atom. The molecule has 116 valence electrons. The van der Waals surface area contributed by atoms with E-state index in [0.717, 1.165) is 11.1 Å². The van der Waals surface area contributed by atoms with Gasteiger partial charge >= 0.3 is 5.97 Å². The lowest BCUT2D eigenvalue weighted by atomic mass is 9.93. The number of ether oxygens (including phenoxy) is 2. The van der Waals surface area contributed by atoms with Crippen LogP contribution in [0.2, 0.25) is 5.02 Å². The number of carboxylic acids is 1. The fourth-order valence-electron chi connectivity index (χ4n) is 2.54. The van der Waals surface area contributed by atoms with E-state index in [-0.39, 0.29) is 11.6 Å². The van der Waals surface area contributed by atoms with Gasteiger partial charge in [-0.05, 0) is 18.1 Å². The first-order chi connectivity index (χ1) is 10.5. The van der Waals surface area contributed by atoms with Gasteiger partial charge in [0.05, 0.1) is 10.7 Å². The molecule has 22 heavy (non-hydrogen) atoms. The number of fused-ring (bicyclic) bond motifs is 1. The first-order valence-electron chi connectivity index (χ1n) is 6.90. The summed E-state index contributed by atoms with van der Waals surface area (Å²) >= 11 is 6.28. The Morgan fingerprint density at radius 1 is 1.32 bits per heavy atom. The molecule has 0 fully saturated rings. The Bertz CT molecular complexity index is 739. The fourth-order valence-corrected chi connectivity index (χ4v) is 2.79. The number of halogens is 1. The first kappa shape index (κ1) is 14.7. The van der Waals surface area contributed by atoms with Gasteiger partial charge in [0, 0.05) is 11.1 Å². The summed E-state index contributed by atoms with van der Waals surface area (Å²) in [7, 11) is 0. The van der Waals surface area contributed by atoms with Crippen molar-refractivity contribution in [1.29, 1.82) is 0 Å². The van der Waals surface area contributed by atoms with Crippen LogP contribution in [0.15, 0.2) is 12.1 Å². The number of carboxylic acid groups (broad SMARTS) is 1. The molecular formula is C15H15ClN2O4. The zero-order chi connectivity index (χ0) is 15.9. The maximum Gasteiger partial charge on any atom is 0.353 e. The fraction of sp³-hybridized carbons (Fsp3) is 0.333. The number of H-pyrrole nitrogens is 1. The van der Waals surface area contributed by atoms with Gasteiger partial charge in [-0.2, -0.15) is 5.10 Å². The van der Waals surface area contributed by atoms with Crippen LogP contribution in [0.4, 0.5) is 0 Å². The molecule has 7 heteroatoms. The third-order valence-corrected chi connectivity index (χ3v) is 3.75. The predicted octanol–water partition coefficient (Wildman–Crippen LogP) is 3.32. The Kier molecular flexibility index (Phi) is 3.70. The maximum absolute atomic E-state index is 11.0. The minimum atomic E-state index is -1.06. The number of aromatic nitrogens is 2. The first-order valence-corrected chi connectivity index (χ1v) is 7.28. The van der Waals surface area contributed by atoms with E-state index < -0.39 is 5.97 Å². The highest BCUT2D eigenvalue weighted by molar-refractivity contribution is 6.32. The van der Waals surface area contributed by atoms with E-state index in [4.69, 9.17) is 26.2 Å². The second-order valence-corrected chi connectivity index (χ2v) is 5.71. The standard InChI is InChI=1S/C15H15ClN2O4/c1-7(2)12-8(10-6-11(15(19)20)18-17-10)5-9(16)13-14(12)22-4-3-21-13/h5-7H,3-4H2,1-2H3,(H,17,18)(H,19,20). The van der Waals surface area contributed by atoms with E-state index in [0.29, 0.717) is 35.4 Å². The second kappa shape index (κ2) is 5.53. The number of benzene rings is 1. The third kappa shape index (κ3) is 2.39. The van der Waals surface area contributed by atoms with Gasteiger partial charge in [-0.15, -0.1) is 0 Å². The van der Waals surface area contributed by atoms with Crippen LogP contribution in [0.25, 0.3) is 11.3 Å². The van der Waals surface area contributed by atoms with Gasteiger partial charge in [-0.25, -0.2) is 4.79 Å². The van der Waals surface area contributed by atoms with E-state index in [2.05, 4.69) is 10.2 Å². The van der Waals surface area contributed by atoms with Crippen molar-refractivity contribution >= 4 is 17.6 Å². The SMILES string of the molecule is CC(C)c1c(-c2cc(C(=O)O)[nH]n2)cc(Cl)c2c1OCCO2. The molecule has 0 radical (unpaired) electrons. The number of hydrogen-bond donors (Lipinski definition) is 2. The molecule has 0 unspecified atom stereocenters. The van der Waals surface area contributed by atoms with Crippen LogP contribution in [0.3, 0.4) is 0 Å². The van der Waals surface area contributed by atoms with Crippen LogP contribution in [0.1, 0.15) is 35.8 Å². The Hall–Kier alpha value is -2.21. The molecule has 3 rings (SSSR count). The normalized spacial score (nSPS) is 13.5. The molecule has 0 aliphatic carbocycles. The van der Waals surface area contributed by atoms with Gasteiger partial charge in [0.25, 0.3) is 0 Å². The van der Waals surface area contributed by atoms with Crippen molar-refractivity contribution < 1.29 is 19.4 Å². The molecule has 0 spiro atoms. The van der Waals surface area contributed by atoms with Crippen LogP contribution in [-0.2, 0) is 0 Å². The largest absolute Gasteiger partial charge is 0.486 e. The summed E-state index contributed by atoms with van der Waals surface area (Å²) in [5, 5.41) is 16.0. The monoisotopic (exact) mass is 322 g/mol. The van der Waals surface area contributed by atoms with Crippen LogP contribution in [0, 0.1) is 0 Å². The van der Waals surface area contributed by atoms with Gasteiger partial charge in [0.15, 0.2) is 11.5 Å². The summed E-state index contributed by atoms with van der Waals surface area (Å²) in [6.07, 6.45) is 0. The summed E-state index contributed by atoms with van der Waals surface area (Å²) in [6, 6.07) is 3.22. The number of nitrogens with one attached hydrogen (secondary N) is 1. The van der Waals surface area contributed by atoms with Crippen LogP contribution >= 0.6 is 11.6 Å². The molecule has 1 aromatic carbocycles. The topological polar surface area (TPSA) is 84.4 Å². The quantitative estimate of drug-likeness (QED) is 0.905. The molecule has 6 nitrogen and oxygen atoms in total. The van der Waals surface area contributed by atoms with E-state index >= 15 is 0 Å². The summed E-state index contributed by atoms with van der Waals surface area (Å²) in [6.45, 7) is 4.95. The number of aromatic amines is 1. The summed E-state index contributed by atoms with van der Waals surface area (Å²) in [5.41, 5.74) is 2.19. The van der Waals surface area contributed by atoms with Crippen LogP contribution in [-0.4, -0.2) is 34.5 Å². The summed E-state index contributed by atoms with van der Waals surface area (Å²) in [4.78, 5) is 11.0. The highest BCUT2D eigenvalue weighted by atomic mass is 35.5. The van der Waals surface area contributed by atoms with Gasteiger partial charge in [-0.3, -0.25) is 5.10 Å². The van der Waals surface area contributed by atoms with Crippen molar-refractivity contribution in [1.82, 2.24) is 10.2 Å². The van der Waals surface area contributed by atoms with E-state index in [1.54, 1.807) is 6.07 Å². The van der Waals surface area contributed by atoms with Gasteiger partial charge in [0.1, 0.15) is 18.9 Å². The zero-order valence-corrected chi connectivity index (χ0v) is 12.9. The van der Waals surface area contributed by atoms with E-state index in [1.165, 1.54) is 6.07 Å². The molecule has 1 aromatic heterocycles. The predicted molar refractivity (Wildman–Crippen MR) is 81.1 cm³/mol. The molecule has 2 aromatic rings. The molecule has 0 atom stereocenters. The average Bonchev–Trinajstić information content (AvgIpc) is 2.96. The molecule has 0 saturated heterocycles. The van der Waals surface area contributed by atoms with E-state index in [1.807, 2.05) is 13.8 Å². The van der Waals surface area contributed by atoms with Gasteiger partial charge in [0.2, 0.25) is 0 Å². The van der Waals surface area contributed by atoms with Crippen molar-refractivity contribution in [2.45, 2.75) is 19.8 Å². The minimum Gasteiger partial charge on any atom is -0.486 e. The number of rotatable bonds is 3. The number of aromatic carboxylic acids is 1. The van der Waals surface area contributed by atoms with Crippen molar-refractivity contribution in [2.24, 2.45) is 0 Å². The van der Waals surface area contributed by atoms with E-state index in [9.17, 15) is 4.79 Å². The number of hydrogen-bond acceptors (Lipinski definition) is 4. The lowest BCUT2D eigenvalue weighted by Gasteiger charge is -2.25. The molecule has 0 saturated carbocycles. The number of carbonyl (C=O) groups is 1. The highest BCUT2D eigenvalue weighted by Crippen LogP contribution is 2.47. The lowest BCUT2D eigenvalue weighted by molar-refractivity contribution is 0.0690. The molecular weight excluding hydrogens is 308 g/mol. The molecule has 0 bridgehead atoms. The smallest absolute Gasteiger partial charge is 0.353 e. The van der Waals surface area contributed by atoms with Gasteiger partial charge in [-0.1, -0.05) is 25.4 Å². The number of nitrogens with zero attached hydrogens (tertiary/aromatic N) is 1. The molecule has 0 amide bonds. The Morgan fingerprint density at radius 3 is 2.59 bits per heavy atom. The third-order valence-electron chi connectivity index (χ3n) is 3.47.